The van der Waals surface area contributed by atoms with Gasteiger partial charge in [-0.25, -0.2) is 4.85 Å². The maximum absolute atomic E-state index is 12.8. The predicted molar refractivity (Wildman–Crippen MR) is 350 cm³/mol. The van der Waals surface area contributed by atoms with Gasteiger partial charge in [-0.3, -0.25) is 0 Å². The zero-order chi connectivity index (χ0) is 56.0. The molecule has 0 amide bonds. The van der Waals surface area contributed by atoms with Crippen LogP contribution in [0.2, 0.25) is 0 Å². The Morgan fingerprint density at radius 3 is 1.33 bits per heavy atom. The van der Waals surface area contributed by atoms with Gasteiger partial charge in [-0.05, 0) is 93.7 Å². The topological polar surface area (TPSA) is 61.0 Å². The molecule has 18 aromatic rings. The molecule has 392 valence electrons. The summed E-state index contributed by atoms with van der Waals surface area (Å²) in [4.78, 5) is 4.85. The average molecular weight is 1080 g/mol. The first-order valence-corrected chi connectivity index (χ1v) is 28.6. The Morgan fingerprint density at radius 2 is 0.765 bits per heavy atom. The number of nitrogens with zero attached hydrogens (tertiary/aromatic N) is 6. The minimum absolute atomic E-state index is 0.325. The molecular formula is C78H44N6O. The molecule has 5 aromatic heterocycles. The van der Waals surface area contributed by atoms with Crippen molar-refractivity contribution in [1.29, 1.82) is 5.26 Å². The molecule has 0 atom stereocenters. The number of fused-ring (bicyclic) bond motifs is 17. The zero-order valence-corrected chi connectivity index (χ0v) is 45.5. The summed E-state index contributed by atoms with van der Waals surface area (Å²) in [5, 5.41) is 25.2. The molecule has 7 nitrogen and oxygen atoms in total. The van der Waals surface area contributed by atoms with Gasteiger partial charge in [0.15, 0.2) is 0 Å². The first-order valence-electron chi connectivity index (χ1n) is 28.6. The highest BCUT2D eigenvalue weighted by molar-refractivity contribution is 6.26. The van der Waals surface area contributed by atoms with E-state index in [9.17, 15) is 11.8 Å². The largest absolute Gasteiger partial charge is 0.456 e. The van der Waals surface area contributed by atoms with Crippen molar-refractivity contribution in [2.75, 3.05) is 0 Å². The van der Waals surface area contributed by atoms with Gasteiger partial charge >= 0.3 is 0 Å². The molecule has 0 aliphatic rings. The van der Waals surface area contributed by atoms with Crippen molar-refractivity contribution >= 4 is 126 Å². The van der Waals surface area contributed by atoms with Crippen molar-refractivity contribution in [2.24, 2.45) is 0 Å². The van der Waals surface area contributed by atoms with Gasteiger partial charge in [0.05, 0.1) is 84.4 Å². The van der Waals surface area contributed by atoms with Crippen LogP contribution in [0.15, 0.2) is 271 Å². The van der Waals surface area contributed by atoms with E-state index < -0.39 is 0 Å². The van der Waals surface area contributed by atoms with Gasteiger partial charge in [0, 0.05) is 48.5 Å². The van der Waals surface area contributed by atoms with E-state index in [4.69, 9.17) is 9.26 Å². The zero-order valence-electron chi connectivity index (χ0n) is 45.5. The van der Waals surface area contributed by atoms with Crippen LogP contribution in [0.4, 0.5) is 5.69 Å². The molecule has 85 heavy (non-hydrogen) atoms. The van der Waals surface area contributed by atoms with Crippen molar-refractivity contribution in [3.63, 3.8) is 0 Å². The fraction of sp³-hybridized carbons (Fsp3) is 0. The van der Waals surface area contributed by atoms with Crippen LogP contribution in [-0.2, 0) is 0 Å². The van der Waals surface area contributed by atoms with E-state index in [-0.39, 0.29) is 0 Å². The molecule has 18 rings (SSSR count). The van der Waals surface area contributed by atoms with E-state index in [1.54, 1.807) is 0 Å². The molecule has 0 radical (unpaired) electrons. The van der Waals surface area contributed by atoms with Gasteiger partial charge in [-0.1, -0.05) is 206 Å². The van der Waals surface area contributed by atoms with Crippen LogP contribution >= 0.6 is 0 Å². The third-order valence-electron chi connectivity index (χ3n) is 17.8. The molecule has 5 heterocycles. The Bertz CT molecular complexity index is 5710. The summed E-state index contributed by atoms with van der Waals surface area (Å²) in [7, 11) is 0. The van der Waals surface area contributed by atoms with Crippen molar-refractivity contribution in [2.45, 2.75) is 0 Å². The van der Waals surface area contributed by atoms with Crippen molar-refractivity contribution in [1.82, 2.24) is 18.3 Å². The molecule has 0 bridgehead atoms. The number of para-hydroxylation sites is 7. The second-order valence-electron chi connectivity index (χ2n) is 22.0. The Hall–Kier alpha value is -11.9. The van der Waals surface area contributed by atoms with E-state index in [0.717, 1.165) is 131 Å². The number of rotatable bonds is 6. The molecule has 0 fully saturated rings. The van der Waals surface area contributed by atoms with Gasteiger partial charge < -0.3 is 22.7 Å². The van der Waals surface area contributed by atoms with Crippen LogP contribution in [-0.4, -0.2) is 18.3 Å². The molecule has 0 aliphatic carbocycles. The van der Waals surface area contributed by atoms with Gasteiger partial charge in [-0.15, -0.1) is 0 Å². The van der Waals surface area contributed by atoms with E-state index >= 15 is 0 Å². The first-order chi connectivity index (χ1) is 42.2. The van der Waals surface area contributed by atoms with Crippen LogP contribution < -0.4 is 0 Å². The van der Waals surface area contributed by atoms with Crippen molar-refractivity contribution < 1.29 is 4.42 Å². The van der Waals surface area contributed by atoms with E-state index in [2.05, 4.69) is 267 Å². The summed E-state index contributed by atoms with van der Waals surface area (Å²) in [6.45, 7) is 9.97. The summed E-state index contributed by atoms with van der Waals surface area (Å²) in [5.41, 5.74) is 16.2. The molecule has 0 spiro atoms. The summed E-state index contributed by atoms with van der Waals surface area (Å²) in [5.74, 6) is 0. The Balaban J connectivity index is 1.14. The summed E-state index contributed by atoms with van der Waals surface area (Å²) in [6.07, 6.45) is 0. The quantitative estimate of drug-likeness (QED) is 0.156. The van der Waals surface area contributed by atoms with Crippen LogP contribution in [0.3, 0.4) is 0 Å². The Morgan fingerprint density at radius 1 is 0.329 bits per heavy atom. The minimum atomic E-state index is 0.325. The Labute approximate surface area is 485 Å². The average Bonchev–Trinajstić information content (AvgIpc) is 1.65. The van der Waals surface area contributed by atoms with Crippen molar-refractivity contribution in [3.8, 4) is 51.1 Å². The van der Waals surface area contributed by atoms with E-state index in [0.29, 0.717) is 34.0 Å². The third kappa shape index (κ3) is 6.41. The van der Waals surface area contributed by atoms with Gasteiger partial charge in [-0.2, -0.15) is 5.26 Å². The normalized spacial score (nSPS) is 12.0. The van der Waals surface area contributed by atoms with E-state index in [1.165, 1.54) is 10.8 Å². The number of aromatic nitrogens is 4. The van der Waals surface area contributed by atoms with Crippen LogP contribution in [0.25, 0.3) is 170 Å². The highest BCUT2D eigenvalue weighted by Gasteiger charge is 2.35. The fourth-order valence-corrected chi connectivity index (χ4v) is 14.4. The predicted octanol–water partition coefficient (Wildman–Crippen LogP) is 20.9. The van der Waals surface area contributed by atoms with Gasteiger partial charge in [0.25, 0.3) is 0 Å². The molecule has 0 saturated carbocycles. The molecule has 7 heteroatoms. The molecule has 13 aromatic carbocycles. The fourth-order valence-electron chi connectivity index (χ4n) is 14.4. The lowest BCUT2D eigenvalue weighted by Crippen LogP contribution is -2.14. The second kappa shape index (κ2) is 17.8. The maximum atomic E-state index is 12.8. The summed E-state index contributed by atoms with van der Waals surface area (Å²) in [6, 6.07) is 97.0. The monoisotopic (exact) mass is 1080 g/mol. The smallest absolute Gasteiger partial charge is 0.237 e. The maximum Gasteiger partial charge on any atom is 0.237 e. The first kappa shape index (κ1) is 46.8. The lowest BCUT2D eigenvalue weighted by atomic mass is 9.91. The SMILES string of the molecule is [C-]#[N+]c1c(-n2c3ccccc3c3ccccc32)c(C#N)c(-n2c3ccccc3c3ccccc32)c(-n2c3cc(-c4ccccc4-c4cccc5ccccc45)ccc3c3ccc4oc5ccccc5c4c32)c1-n1c2ccccc2c2ccccc21. The molecule has 0 saturated heterocycles. The second-order valence-corrected chi connectivity index (χ2v) is 22.0. The molecule has 0 N–H and O–H groups in total. The Kier molecular flexibility index (Phi) is 9.80. The summed E-state index contributed by atoms with van der Waals surface area (Å²) < 4.78 is 16.1. The highest BCUT2D eigenvalue weighted by Crippen LogP contribution is 2.53. The molecule has 0 aliphatic heterocycles. The van der Waals surface area contributed by atoms with Crippen LogP contribution in [0, 0.1) is 17.9 Å². The lowest BCUT2D eigenvalue weighted by Gasteiger charge is -2.27. The number of furan rings is 1. The number of nitriles is 1. The lowest BCUT2D eigenvalue weighted by molar-refractivity contribution is 0.669. The van der Waals surface area contributed by atoms with Gasteiger partial charge in [0.1, 0.15) is 17.2 Å². The third-order valence-corrected chi connectivity index (χ3v) is 17.8. The number of hydrogen-bond acceptors (Lipinski definition) is 2. The minimum Gasteiger partial charge on any atom is -0.456 e. The number of hydrogen-bond donors (Lipinski definition) is 0. The standard InChI is InChI=1S/C78H44N6O/c1-80-73-75(81-63-34-13-6-26-53(63)54-27-7-14-35-64(54)81)62(46-79)76(82-65-36-15-8-28-55(65)56-29-9-16-37-66(56)82)78(77(73)83-67-38-17-10-30-57(67)58-31-11-18-39-68(58)83)84-69-45-48(50-24-4-5-25-51(50)52-33-20-22-47-21-2-3-23-49(47)52)41-42-59(69)60-43-44-71-72(74(60)84)61-32-12-19-40-70(61)85-71/h2-45H. The molecule has 0 unspecified atom stereocenters. The summed E-state index contributed by atoms with van der Waals surface area (Å²) >= 11 is 0. The highest BCUT2D eigenvalue weighted by atomic mass is 16.3. The van der Waals surface area contributed by atoms with Crippen LogP contribution in [0.1, 0.15) is 5.56 Å². The van der Waals surface area contributed by atoms with Crippen molar-refractivity contribution in [3.05, 3.63) is 284 Å². The van der Waals surface area contributed by atoms with Crippen LogP contribution in [0.5, 0.6) is 0 Å². The van der Waals surface area contributed by atoms with Gasteiger partial charge in [0.2, 0.25) is 5.69 Å². The number of benzene rings is 13. The molecular weight excluding hydrogens is 1040 g/mol. The van der Waals surface area contributed by atoms with E-state index in [1.807, 2.05) is 24.3 Å².